The SMILES string of the molecule is CC(C)(C)C(NC(=O)c1ccc(Br)nc1)c1ccccc1. The molecule has 1 amide bonds. The average Bonchev–Trinajstić information content (AvgIpc) is 2.45. The first-order valence-electron chi connectivity index (χ1n) is 6.85. The molecular formula is C17H19BrN2O. The van der Waals surface area contributed by atoms with Crippen molar-refractivity contribution in [1.82, 2.24) is 10.3 Å². The molecule has 1 aromatic carbocycles. The van der Waals surface area contributed by atoms with Crippen molar-refractivity contribution in [2.75, 3.05) is 0 Å². The van der Waals surface area contributed by atoms with Gasteiger partial charge in [0.05, 0.1) is 11.6 Å². The molecule has 21 heavy (non-hydrogen) atoms. The van der Waals surface area contributed by atoms with Crippen LogP contribution in [0, 0.1) is 5.41 Å². The minimum absolute atomic E-state index is 0.0603. The van der Waals surface area contributed by atoms with E-state index >= 15 is 0 Å². The highest BCUT2D eigenvalue weighted by Gasteiger charge is 2.28. The Morgan fingerprint density at radius 2 is 1.81 bits per heavy atom. The third kappa shape index (κ3) is 4.14. The van der Waals surface area contributed by atoms with Crippen molar-refractivity contribution in [3.63, 3.8) is 0 Å². The number of nitrogens with one attached hydrogen (secondary N) is 1. The largest absolute Gasteiger partial charge is 0.345 e. The number of pyridine rings is 1. The maximum Gasteiger partial charge on any atom is 0.253 e. The van der Waals surface area contributed by atoms with Crippen LogP contribution in [-0.2, 0) is 0 Å². The van der Waals surface area contributed by atoms with E-state index < -0.39 is 0 Å². The number of aromatic nitrogens is 1. The van der Waals surface area contributed by atoms with Gasteiger partial charge >= 0.3 is 0 Å². The van der Waals surface area contributed by atoms with Crippen LogP contribution in [0.15, 0.2) is 53.3 Å². The lowest BCUT2D eigenvalue weighted by Gasteiger charge is -2.32. The van der Waals surface area contributed by atoms with Crippen molar-refractivity contribution in [2.24, 2.45) is 5.41 Å². The zero-order chi connectivity index (χ0) is 15.5. The monoisotopic (exact) mass is 346 g/mol. The van der Waals surface area contributed by atoms with Crippen molar-refractivity contribution >= 4 is 21.8 Å². The summed E-state index contributed by atoms with van der Waals surface area (Å²) < 4.78 is 0.717. The summed E-state index contributed by atoms with van der Waals surface area (Å²) in [4.78, 5) is 16.5. The van der Waals surface area contributed by atoms with Crippen molar-refractivity contribution in [2.45, 2.75) is 26.8 Å². The van der Waals surface area contributed by atoms with Crippen molar-refractivity contribution in [1.29, 1.82) is 0 Å². The molecule has 0 aliphatic rings. The molecule has 2 rings (SSSR count). The fraction of sp³-hybridized carbons (Fsp3) is 0.294. The molecule has 1 unspecified atom stereocenters. The Labute approximate surface area is 133 Å². The average molecular weight is 347 g/mol. The summed E-state index contributed by atoms with van der Waals surface area (Å²) in [5.74, 6) is -0.112. The second-order valence-corrected chi connectivity index (χ2v) is 6.87. The Morgan fingerprint density at radius 1 is 1.14 bits per heavy atom. The maximum atomic E-state index is 12.4. The number of nitrogens with zero attached hydrogens (tertiary/aromatic N) is 1. The van der Waals surface area contributed by atoms with Gasteiger partial charge in [-0.15, -0.1) is 0 Å². The molecule has 1 aromatic heterocycles. The number of rotatable bonds is 3. The molecule has 110 valence electrons. The number of benzene rings is 1. The van der Waals surface area contributed by atoms with Gasteiger partial charge in [-0.3, -0.25) is 4.79 Å². The first-order chi connectivity index (χ1) is 9.88. The fourth-order valence-corrected chi connectivity index (χ4v) is 2.40. The lowest BCUT2D eigenvalue weighted by atomic mass is 9.82. The Hall–Kier alpha value is -1.68. The van der Waals surface area contributed by atoms with E-state index in [2.05, 4.69) is 47.0 Å². The molecule has 0 saturated carbocycles. The van der Waals surface area contributed by atoms with E-state index in [4.69, 9.17) is 0 Å². The second kappa shape index (κ2) is 6.39. The van der Waals surface area contributed by atoms with E-state index in [1.807, 2.05) is 30.3 Å². The molecular weight excluding hydrogens is 328 g/mol. The normalized spacial score (nSPS) is 12.8. The molecule has 1 heterocycles. The summed E-state index contributed by atoms with van der Waals surface area (Å²) in [5, 5.41) is 3.11. The molecule has 1 atom stereocenters. The van der Waals surface area contributed by atoms with Crippen LogP contribution in [0.5, 0.6) is 0 Å². The summed E-state index contributed by atoms with van der Waals surface area (Å²) in [6.45, 7) is 6.35. The van der Waals surface area contributed by atoms with Gasteiger partial charge < -0.3 is 5.32 Å². The van der Waals surface area contributed by atoms with Crippen LogP contribution in [0.2, 0.25) is 0 Å². The molecule has 0 aliphatic carbocycles. The maximum absolute atomic E-state index is 12.4. The lowest BCUT2D eigenvalue weighted by Crippen LogP contribution is -2.36. The fourth-order valence-electron chi connectivity index (χ4n) is 2.17. The van der Waals surface area contributed by atoms with Gasteiger partial charge in [0, 0.05) is 6.20 Å². The van der Waals surface area contributed by atoms with Gasteiger partial charge in [-0.1, -0.05) is 51.1 Å². The molecule has 1 N–H and O–H groups in total. The van der Waals surface area contributed by atoms with E-state index in [-0.39, 0.29) is 17.4 Å². The summed E-state index contributed by atoms with van der Waals surface area (Å²) in [7, 11) is 0. The number of halogens is 1. The van der Waals surface area contributed by atoms with Gasteiger partial charge in [-0.05, 0) is 39.0 Å². The van der Waals surface area contributed by atoms with Crippen molar-refractivity contribution in [3.8, 4) is 0 Å². The highest BCUT2D eigenvalue weighted by atomic mass is 79.9. The number of amides is 1. The smallest absolute Gasteiger partial charge is 0.253 e. The molecule has 0 aliphatic heterocycles. The zero-order valence-corrected chi connectivity index (χ0v) is 14.0. The van der Waals surface area contributed by atoms with Crippen LogP contribution in [0.1, 0.15) is 42.7 Å². The Morgan fingerprint density at radius 3 is 2.33 bits per heavy atom. The molecule has 0 spiro atoms. The van der Waals surface area contributed by atoms with Gasteiger partial charge in [-0.2, -0.15) is 0 Å². The Balaban J connectivity index is 2.24. The van der Waals surface area contributed by atoms with Gasteiger partial charge in [0.2, 0.25) is 0 Å². The van der Waals surface area contributed by atoms with Crippen molar-refractivity contribution < 1.29 is 4.79 Å². The predicted molar refractivity (Wildman–Crippen MR) is 88.0 cm³/mol. The van der Waals surface area contributed by atoms with E-state index in [0.29, 0.717) is 5.56 Å². The van der Waals surface area contributed by atoms with Gasteiger partial charge in [0.25, 0.3) is 5.91 Å². The quantitative estimate of drug-likeness (QED) is 0.838. The molecule has 4 heteroatoms. The predicted octanol–water partition coefficient (Wildman–Crippen LogP) is 4.36. The summed E-state index contributed by atoms with van der Waals surface area (Å²) in [6, 6.07) is 13.5. The van der Waals surface area contributed by atoms with E-state index in [1.165, 1.54) is 0 Å². The van der Waals surface area contributed by atoms with Gasteiger partial charge in [-0.25, -0.2) is 4.98 Å². The molecule has 0 saturated heterocycles. The number of carbonyl (C=O) groups is 1. The van der Waals surface area contributed by atoms with Crippen LogP contribution in [0.3, 0.4) is 0 Å². The van der Waals surface area contributed by atoms with E-state index in [0.717, 1.165) is 10.2 Å². The van der Waals surface area contributed by atoms with Crippen LogP contribution in [0.4, 0.5) is 0 Å². The lowest BCUT2D eigenvalue weighted by molar-refractivity contribution is 0.0901. The topological polar surface area (TPSA) is 42.0 Å². The number of hydrogen-bond donors (Lipinski definition) is 1. The summed E-state index contributed by atoms with van der Waals surface area (Å²) in [5.41, 5.74) is 1.58. The molecule has 2 aromatic rings. The second-order valence-electron chi connectivity index (χ2n) is 6.05. The van der Waals surface area contributed by atoms with Gasteiger partial charge in [0.1, 0.15) is 4.60 Å². The highest BCUT2D eigenvalue weighted by molar-refractivity contribution is 9.10. The van der Waals surface area contributed by atoms with Crippen molar-refractivity contribution in [3.05, 3.63) is 64.4 Å². The first-order valence-corrected chi connectivity index (χ1v) is 7.64. The number of hydrogen-bond acceptors (Lipinski definition) is 2. The van der Waals surface area contributed by atoms with E-state index in [1.54, 1.807) is 18.3 Å². The van der Waals surface area contributed by atoms with Crippen LogP contribution in [0.25, 0.3) is 0 Å². The third-order valence-corrected chi connectivity index (χ3v) is 3.73. The number of carbonyl (C=O) groups excluding carboxylic acids is 1. The van der Waals surface area contributed by atoms with Gasteiger partial charge in [0.15, 0.2) is 0 Å². The standard InChI is InChI=1S/C17H19BrN2O/c1-17(2,3)15(12-7-5-4-6-8-12)20-16(21)13-9-10-14(18)19-11-13/h4-11,15H,1-3H3,(H,20,21). The molecule has 0 radical (unpaired) electrons. The van der Waals surface area contributed by atoms with Crippen LogP contribution in [-0.4, -0.2) is 10.9 Å². The first kappa shape index (κ1) is 15.7. The molecule has 0 bridgehead atoms. The summed E-state index contributed by atoms with van der Waals surface area (Å²) >= 11 is 3.27. The minimum atomic E-state index is -0.112. The molecule has 3 nitrogen and oxygen atoms in total. The van der Waals surface area contributed by atoms with E-state index in [9.17, 15) is 4.79 Å². The van der Waals surface area contributed by atoms with Crippen LogP contribution >= 0.6 is 15.9 Å². The van der Waals surface area contributed by atoms with Crippen LogP contribution < -0.4 is 5.32 Å². The molecule has 0 fully saturated rings. The Kier molecular flexibility index (Phi) is 4.78. The Bertz CT molecular complexity index is 603. The highest BCUT2D eigenvalue weighted by Crippen LogP contribution is 2.32. The summed E-state index contributed by atoms with van der Waals surface area (Å²) in [6.07, 6.45) is 1.57. The minimum Gasteiger partial charge on any atom is -0.345 e. The zero-order valence-electron chi connectivity index (χ0n) is 12.4. The third-order valence-electron chi connectivity index (χ3n) is 3.26.